The van der Waals surface area contributed by atoms with Crippen LogP contribution in [0.5, 0.6) is 0 Å². The first-order valence-electron chi connectivity index (χ1n) is 5.86. The van der Waals surface area contributed by atoms with E-state index in [1.807, 2.05) is 13.8 Å². The summed E-state index contributed by atoms with van der Waals surface area (Å²) in [6.07, 6.45) is 4.00. The first kappa shape index (κ1) is 14.9. The predicted octanol–water partition coefficient (Wildman–Crippen LogP) is 2.45. The van der Waals surface area contributed by atoms with E-state index in [1.165, 1.54) is 7.11 Å². The molecule has 0 aromatic rings. The van der Waals surface area contributed by atoms with Crippen LogP contribution in [0.2, 0.25) is 0 Å². The Kier molecular flexibility index (Phi) is 8.58. The lowest BCUT2D eigenvalue weighted by atomic mass is 10.2. The fraction of sp³-hybridized carbons (Fsp3) is 0.833. The largest absolute Gasteiger partial charge is 0.469 e. The van der Waals surface area contributed by atoms with Crippen molar-refractivity contribution in [2.24, 2.45) is 0 Å². The lowest BCUT2D eigenvalue weighted by Gasteiger charge is -2.12. The third kappa shape index (κ3) is 8.26. The molecule has 0 rings (SSSR count). The van der Waals surface area contributed by atoms with E-state index in [4.69, 9.17) is 4.74 Å². The Labute approximate surface area is 97.3 Å². The molecule has 0 aliphatic heterocycles. The third-order valence-corrected chi connectivity index (χ3v) is 2.29. The number of methoxy groups -OCH3 is 1. The summed E-state index contributed by atoms with van der Waals surface area (Å²) in [4.78, 5) is 22.1. The molecule has 16 heavy (non-hydrogen) atoms. The molecular formula is C12H22O4. The van der Waals surface area contributed by atoms with Crippen LogP contribution in [-0.2, 0) is 19.1 Å². The van der Waals surface area contributed by atoms with Crippen molar-refractivity contribution in [2.45, 2.75) is 58.5 Å². The molecule has 1 atom stereocenters. The van der Waals surface area contributed by atoms with Crippen molar-refractivity contribution in [3.63, 3.8) is 0 Å². The van der Waals surface area contributed by atoms with Crippen LogP contribution in [0.4, 0.5) is 0 Å². The lowest BCUT2D eigenvalue weighted by molar-refractivity contribution is -0.148. The minimum absolute atomic E-state index is 0.117. The summed E-state index contributed by atoms with van der Waals surface area (Å²) in [7, 11) is 1.37. The number of carbonyl (C=O) groups excluding carboxylic acids is 2. The van der Waals surface area contributed by atoms with Gasteiger partial charge in [-0.2, -0.15) is 0 Å². The van der Waals surface area contributed by atoms with Gasteiger partial charge in [0.25, 0.3) is 0 Å². The summed E-state index contributed by atoms with van der Waals surface area (Å²) in [5, 5.41) is 0. The molecule has 4 heteroatoms. The zero-order valence-corrected chi connectivity index (χ0v) is 10.5. The summed E-state index contributed by atoms with van der Waals surface area (Å²) in [5.74, 6) is -0.364. The van der Waals surface area contributed by atoms with Crippen LogP contribution < -0.4 is 0 Å². The van der Waals surface area contributed by atoms with Gasteiger partial charge in [-0.05, 0) is 26.2 Å². The Bertz CT molecular complexity index is 213. The second-order valence-corrected chi connectivity index (χ2v) is 3.87. The Morgan fingerprint density at radius 2 is 1.75 bits per heavy atom. The highest BCUT2D eigenvalue weighted by atomic mass is 16.5. The van der Waals surface area contributed by atoms with Crippen molar-refractivity contribution in [3.8, 4) is 0 Å². The normalized spacial score (nSPS) is 11.9. The van der Waals surface area contributed by atoms with E-state index >= 15 is 0 Å². The Hall–Kier alpha value is -1.06. The van der Waals surface area contributed by atoms with E-state index in [1.54, 1.807) is 0 Å². The monoisotopic (exact) mass is 230 g/mol. The number of carbonyl (C=O) groups is 2. The number of ether oxygens (including phenoxy) is 2. The quantitative estimate of drug-likeness (QED) is 0.601. The zero-order valence-electron chi connectivity index (χ0n) is 10.5. The van der Waals surface area contributed by atoms with Gasteiger partial charge in [-0.25, -0.2) is 0 Å². The van der Waals surface area contributed by atoms with Gasteiger partial charge in [0.05, 0.1) is 13.2 Å². The second-order valence-electron chi connectivity index (χ2n) is 3.87. The number of hydrogen-bond donors (Lipinski definition) is 0. The van der Waals surface area contributed by atoms with Crippen molar-refractivity contribution in [1.29, 1.82) is 0 Å². The van der Waals surface area contributed by atoms with Crippen molar-refractivity contribution >= 4 is 11.9 Å². The van der Waals surface area contributed by atoms with Crippen LogP contribution in [0.25, 0.3) is 0 Å². The lowest BCUT2D eigenvalue weighted by Crippen LogP contribution is -2.15. The Morgan fingerprint density at radius 3 is 2.31 bits per heavy atom. The molecule has 94 valence electrons. The van der Waals surface area contributed by atoms with Gasteiger partial charge < -0.3 is 9.47 Å². The van der Waals surface area contributed by atoms with Crippen LogP contribution in [0.3, 0.4) is 0 Å². The van der Waals surface area contributed by atoms with Crippen molar-refractivity contribution in [2.75, 3.05) is 7.11 Å². The van der Waals surface area contributed by atoms with Gasteiger partial charge in [0, 0.05) is 12.8 Å². The van der Waals surface area contributed by atoms with Crippen molar-refractivity contribution < 1.29 is 19.1 Å². The molecule has 0 aromatic heterocycles. The van der Waals surface area contributed by atoms with Crippen LogP contribution in [0, 0.1) is 0 Å². The van der Waals surface area contributed by atoms with Gasteiger partial charge in [0.1, 0.15) is 0 Å². The Balaban J connectivity index is 3.53. The minimum atomic E-state index is -0.218. The molecule has 4 nitrogen and oxygen atoms in total. The molecular weight excluding hydrogens is 208 g/mol. The van der Waals surface area contributed by atoms with Gasteiger partial charge in [0.15, 0.2) is 0 Å². The van der Waals surface area contributed by atoms with Crippen LogP contribution >= 0.6 is 0 Å². The molecule has 0 aliphatic rings. The summed E-state index contributed by atoms with van der Waals surface area (Å²) < 4.78 is 9.70. The van der Waals surface area contributed by atoms with E-state index in [-0.39, 0.29) is 18.0 Å². The second kappa shape index (κ2) is 9.19. The summed E-state index contributed by atoms with van der Waals surface area (Å²) in [6, 6.07) is 0. The molecule has 0 N–H and O–H groups in total. The number of unbranched alkanes of at least 4 members (excludes halogenated alkanes) is 1. The van der Waals surface area contributed by atoms with E-state index in [9.17, 15) is 9.59 Å². The van der Waals surface area contributed by atoms with Gasteiger partial charge in [-0.15, -0.1) is 0 Å². The first-order chi connectivity index (χ1) is 7.60. The number of esters is 2. The maximum absolute atomic E-state index is 11.3. The van der Waals surface area contributed by atoms with Crippen LogP contribution in [0.1, 0.15) is 52.4 Å². The summed E-state index contributed by atoms with van der Waals surface area (Å²) >= 11 is 0. The summed E-state index contributed by atoms with van der Waals surface area (Å²) in [6.45, 7) is 3.88. The molecule has 0 saturated heterocycles. The fourth-order valence-corrected chi connectivity index (χ4v) is 1.30. The molecule has 0 aromatic carbocycles. The number of hydrogen-bond acceptors (Lipinski definition) is 4. The highest BCUT2D eigenvalue weighted by molar-refractivity contribution is 5.69. The van der Waals surface area contributed by atoms with E-state index in [0.717, 1.165) is 12.8 Å². The van der Waals surface area contributed by atoms with Crippen LogP contribution in [-0.4, -0.2) is 25.2 Å². The molecule has 0 fully saturated rings. The van der Waals surface area contributed by atoms with Crippen LogP contribution in [0.15, 0.2) is 0 Å². The van der Waals surface area contributed by atoms with E-state index < -0.39 is 0 Å². The molecule has 0 heterocycles. The maximum Gasteiger partial charge on any atom is 0.306 e. The summed E-state index contributed by atoms with van der Waals surface area (Å²) in [5.41, 5.74) is 0. The molecule has 0 radical (unpaired) electrons. The average molecular weight is 230 g/mol. The van der Waals surface area contributed by atoms with Gasteiger partial charge in [-0.1, -0.05) is 13.3 Å². The molecule has 0 aliphatic carbocycles. The highest BCUT2D eigenvalue weighted by Crippen LogP contribution is 2.07. The SMILES string of the molecule is CCCCC(=O)OC(C)CCCC(=O)OC. The molecule has 0 amide bonds. The maximum atomic E-state index is 11.3. The first-order valence-corrected chi connectivity index (χ1v) is 5.86. The Morgan fingerprint density at radius 1 is 1.12 bits per heavy atom. The molecule has 0 spiro atoms. The van der Waals surface area contributed by atoms with Crippen molar-refractivity contribution in [1.82, 2.24) is 0 Å². The molecule has 0 saturated carbocycles. The topological polar surface area (TPSA) is 52.6 Å². The average Bonchev–Trinajstić information content (AvgIpc) is 2.25. The van der Waals surface area contributed by atoms with Gasteiger partial charge in [-0.3, -0.25) is 9.59 Å². The van der Waals surface area contributed by atoms with Gasteiger partial charge >= 0.3 is 11.9 Å². The molecule has 1 unspecified atom stereocenters. The molecule has 0 bridgehead atoms. The number of rotatable bonds is 8. The fourth-order valence-electron chi connectivity index (χ4n) is 1.30. The minimum Gasteiger partial charge on any atom is -0.469 e. The van der Waals surface area contributed by atoms with Crippen molar-refractivity contribution in [3.05, 3.63) is 0 Å². The third-order valence-electron chi connectivity index (χ3n) is 2.29. The van der Waals surface area contributed by atoms with E-state index in [0.29, 0.717) is 25.7 Å². The smallest absolute Gasteiger partial charge is 0.306 e. The van der Waals surface area contributed by atoms with Gasteiger partial charge in [0.2, 0.25) is 0 Å². The predicted molar refractivity (Wildman–Crippen MR) is 60.9 cm³/mol. The standard InChI is InChI=1S/C12H22O4/c1-4-5-8-12(14)16-10(2)7-6-9-11(13)15-3/h10H,4-9H2,1-3H3. The zero-order chi connectivity index (χ0) is 12.4. The van der Waals surface area contributed by atoms with E-state index in [2.05, 4.69) is 4.74 Å². The highest BCUT2D eigenvalue weighted by Gasteiger charge is 2.09.